The maximum atomic E-state index is 11.5. The highest BCUT2D eigenvalue weighted by molar-refractivity contribution is 5.71. The maximum absolute atomic E-state index is 11.5. The summed E-state index contributed by atoms with van der Waals surface area (Å²) in [5, 5.41) is 0. The van der Waals surface area contributed by atoms with Crippen LogP contribution >= 0.6 is 0 Å². The molecule has 1 fully saturated rings. The predicted molar refractivity (Wildman–Crippen MR) is 63.6 cm³/mol. The van der Waals surface area contributed by atoms with Crippen LogP contribution in [-0.4, -0.2) is 18.7 Å². The number of carbonyl (C=O) groups excluding carboxylic acids is 1. The highest BCUT2D eigenvalue weighted by atomic mass is 16.6. The molecule has 5 heteroatoms. The van der Waals surface area contributed by atoms with Gasteiger partial charge in [0.05, 0.1) is 6.26 Å². The second-order valence-corrected chi connectivity index (χ2v) is 4.36. The number of carbonyl (C=O) groups is 1. The molecule has 0 atom stereocenters. The molecule has 0 N–H and O–H groups in total. The molecular formula is C13H16O5. The highest BCUT2D eigenvalue weighted by Gasteiger charge is 2.19. The molecule has 1 saturated carbocycles. The van der Waals surface area contributed by atoms with Crippen LogP contribution in [0.25, 0.3) is 0 Å². The van der Waals surface area contributed by atoms with Gasteiger partial charge in [0.2, 0.25) is 11.2 Å². The van der Waals surface area contributed by atoms with Gasteiger partial charge in [0, 0.05) is 6.07 Å². The topological polar surface area (TPSA) is 65.7 Å². The number of hydrogen-bond acceptors (Lipinski definition) is 5. The number of aryl methyl sites for hydroxylation is 1. The maximum Gasteiger partial charge on any atom is 0.344 e. The summed E-state index contributed by atoms with van der Waals surface area (Å²) in [5.74, 6) is -0.0124. The van der Waals surface area contributed by atoms with Gasteiger partial charge < -0.3 is 13.9 Å². The van der Waals surface area contributed by atoms with E-state index in [0.29, 0.717) is 5.76 Å². The molecule has 1 aromatic rings. The van der Waals surface area contributed by atoms with E-state index in [1.54, 1.807) is 6.92 Å². The lowest BCUT2D eigenvalue weighted by Crippen LogP contribution is -2.22. The number of ether oxygens (including phenoxy) is 2. The zero-order valence-corrected chi connectivity index (χ0v) is 10.3. The van der Waals surface area contributed by atoms with E-state index in [4.69, 9.17) is 13.9 Å². The molecule has 1 aliphatic rings. The SMILES string of the molecule is Cc1occc(=O)c1OCC(=O)OC1CCCC1. The lowest BCUT2D eigenvalue weighted by atomic mass is 10.3. The molecule has 0 radical (unpaired) electrons. The molecule has 0 bridgehead atoms. The minimum Gasteiger partial charge on any atom is -0.475 e. The van der Waals surface area contributed by atoms with Crippen LogP contribution in [0, 0.1) is 6.92 Å². The Morgan fingerprint density at radius 1 is 1.44 bits per heavy atom. The van der Waals surface area contributed by atoms with Gasteiger partial charge in [0.15, 0.2) is 6.61 Å². The highest BCUT2D eigenvalue weighted by Crippen LogP contribution is 2.21. The second-order valence-electron chi connectivity index (χ2n) is 4.36. The average molecular weight is 252 g/mol. The summed E-state index contributed by atoms with van der Waals surface area (Å²) in [6, 6.07) is 1.25. The van der Waals surface area contributed by atoms with Crippen molar-refractivity contribution in [1.82, 2.24) is 0 Å². The molecule has 0 saturated heterocycles. The smallest absolute Gasteiger partial charge is 0.344 e. The molecule has 18 heavy (non-hydrogen) atoms. The summed E-state index contributed by atoms with van der Waals surface area (Å²) >= 11 is 0. The first kappa shape index (κ1) is 12.7. The Hall–Kier alpha value is -1.78. The Balaban J connectivity index is 1.87. The minimum absolute atomic E-state index is 0.00868. The summed E-state index contributed by atoms with van der Waals surface area (Å²) in [7, 11) is 0. The third kappa shape index (κ3) is 3.12. The Labute approximate surface area is 105 Å². The standard InChI is InChI=1S/C13H16O5/c1-9-13(11(14)6-7-16-9)17-8-12(15)18-10-4-2-3-5-10/h6-7,10H,2-5,8H2,1H3. The third-order valence-electron chi connectivity index (χ3n) is 2.94. The molecule has 0 aliphatic heterocycles. The summed E-state index contributed by atoms with van der Waals surface area (Å²) in [4.78, 5) is 23.0. The summed E-state index contributed by atoms with van der Waals surface area (Å²) in [5.41, 5.74) is -0.299. The molecular weight excluding hydrogens is 236 g/mol. The monoisotopic (exact) mass is 252 g/mol. The van der Waals surface area contributed by atoms with Gasteiger partial charge in [-0.1, -0.05) is 0 Å². The molecule has 0 spiro atoms. The summed E-state index contributed by atoms with van der Waals surface area (Å²) < 4.78 is 15.4. The quantitative estimate of drug-likeness (QED) is 0.764. The van der Waals surface area contributed by atoms with E-state index >= 15 is 0 Å². The average Bonchev–Trinajstić information content (AvgIpc) is 2.81. The molecule has 98 valence electrons. The molecule has 0 amide bonds. The van der Waals surface area contributed by atoms with E-state index in [0.717, 1.165) is 25.7 Å². The summed E-state index contributed by atoms with van der Waals surface area (Å²) in [6.45, 7) is 1.35. The van der Waals surface area contributed by atoms with Crippen molar-refractivity contribution in [2.75, 3.05) is 6.61 Å². The van der Waals surface area contributed by atoms with Crippen LogP contribution < -0.4 is 10.2 Å². The van der Waals surface area contributed by atoms with Crippen molar-refractivity contribution in [3.63, 3.8) is 0 Å². The lowest BCUT2D eigenvalue weighted by Gasteiger charge is -2.11. The van der Waals surface area contributed by atoms with Crippen molar-refractivity contribution in [3.8, 4) is 5.75 Å². The van der Waals surface area contributed by atoms with Crippen molar-refractivity contribution in [2.45, 2.75) is 38.7 Å². The number of esters is 1. The molecule has 0 aromatic carbocycles. The van der Waals surface area contributed by atoms with Crippen molar-refractivity contribution >= 4 is 5.97 Å². The van der Waals surface area contributed by atoms with Crippen LogP contribution in [-0.2, 0) is 9.53 Å². The predicted octanol–water partition coefficient (Wildman–Crippen LogP) is 1.81. The first-order chi connectivity index (χ1) is 8.66. The van der Waals surface area contributed by atoms with E-state index in [-0.39, 0.29) is 23.9 Å². The van der Waals surface area contributed by atoms with E-state index in [1.807, 2.05) is 0 Å². The molecule has 5 nitrogen and oxygen atoms in total. The molecule has 2 rings (SSSR count). The Kier molecular flexibility index (Phi) is 4.02. The Morgan fingerprint density at radius 3 is 2.83 bits per heavy atom. The molecule has 1 aliphatic carbocycles. The summed E-state index contributed by atoms with van der Waals surface area (Å²) in [6.07, 6.45) is 5.33. The first-order valence-corrected chi connectivity index (χ1v) is 6.07. The van der Waals surface area contributed by atoms with Gasteiger partial charge >= 0.3 is 5.97 Å². The van der Waals surface area contributed by atoms with E-state index in [1.165, 1.54) is 12.3 Å². The van der Waals surface area contributed by atoms with E-state index < -0.39 is 5.97 Å². The van der Waals surface area contributed by atoms with Crippen LogP contribution in [0.15, 0.2) is 21.5 Å². The van der Waals surface area contributed by atoms with Crippen molar-refractivity contribution in [2.24, 2.45) is 0 Å². The lowest BCUT2D eigenvalue weighted by molar-refractivity contribution is -0.151. The van der Waals surface area contributed by atoms with Crippen molar-refractivity contribution in [1.29, 1.82) is 0 Å². The second kappa shape index (κ2) is 5.71. The number of rotatable bonds is 4. The fourth-order valence-corrected chi connectivity index (χ4v) is 2.03. The van der Waals surface area contributed by atoms with Gasteiger partial charge in [-0.25, -0.2) is 4.79 Å². The third-order valence-corrected chi connectivity index (χ3v) is 2.94. The van der Waals surface area contributed by atoms with Gasteiger partial charge in [-0.05, 0) is 32.6 Å². The van der Waals surface area contributed by atoms with Gasteiger partial charge in [0.1, 0.15) is 11.9 Å². The van der Waals surface area contributed by atoms with E-state index in [9.17, 15) is 9.59 Å². The van der Waals surface area contributed by atoms with Gasteiger partial charge in [-0.15, -0.1) is 0 Å². The Bertz CT molecular complexity index is 471. The minimum atomic E-state index is -0.440. The Morgan fingerprint density at radius 2 is 2.17 bits per heavy atom. The number of hydrogen-bond donors (Lipinski definition) is 0. The van der Waals surface area contributed by atoms with Crippen LogP contribution in [0.1, 0.15) is 31.4 Å². The van der Waals surface area contributed by atoms with E-state index in [2.05, 4.69) is 0 Å². The normalized spacial score (nSPS) is 15.6. The van der Waals surface area contributed by atoms with Crippen LogP contribution in [0.3, 0.4) is 0 Å². The largest absolute Gasteiger partial charge is 0.475 e. The fraction of sp³-hybridized carbons (Fsp3) is 0.538. The van der Waals surface area contributed by atoms with Crippen molar-refractivity contribution in [3.05, 3.63) is 28.3 Å². The molecule has 0 unspecified atom stereocenters. The van der Waals surface area contributed by atoms with Crippen molar-refractivity contribution < 1.29 is 18.7 Å². The van der Waals surface area contributed by atoms with Gasteiger partial charge in [0.25, 0.3) is 0 Å². The van der Waals surface area contributed by atoms with Gasteiger partial charge in [-0.2, -0.15) is 0 Å². The zero-order valence-electron chi connectivity index (χ0n) is 10.3. The van der Waals surface area contributed by atoms with Crippen LogP contribution in [0.5, 0.6) is 5.75 Å². The molecule has 1 aromatic heterocycles. The fourth-order valence-electron chi connectivity index (χ4n) is 2.03. The van der Waals surface area contributed by atoms with Crippen LogP contribution in [0.2, 0.25) is 0 Å². The first-order valence-electron chi connectivity index (χ1n) is 6.07. The molecule has 1 heterocycles. The van der Waals surface area contributed by atoms with Crippen LogP contribution in [0.4, 0.5) is 0 Å². The zero-order chi connectivity index (χ0) is 13.0. The van der Waals surface area contributed by atoms with Gasteiger partial charge in [-0.3, -0.25) is 4.79 Å².